The molecule has 0 aliphatic rings. The van der Waals surface area contributed by atoms with E-state index in [1.54, 1.807) is 0 Å². The molecule has 0 fully saturated rings. The van der Waals surface area contributed by atoms with Crippen LogP contribution in [-0.4, -0.2) is 4.98 Å². The Morgan fingerprint density at radius 3 is 2.50 bits per heavy atom. The van der Waals surface area contributed by atoms with Crippen molar-refractivity contribution in [2.45, 2.75) is 13.3 Å². The second kappa shape index (κ2) is 5.47. The van der Waals surface area contributed by atoms with Gasteiger partial charge in [0.2, 0.25) is 0 Å². The van der Waals surface area contributed by atoms with E-state index in [0.29, 0.717) is 5.13 Å². The van der Waals surface area contributed by atoms with Crippen molar-refractivity contribution in [3.63, 3.8) is 0 Å². The van der Waals surface area contributed by atoms with Crippen molar-refractivity contribution < 1.29 is 0 Å². The molecule has 0 bridgehead atoms. The van der Waals surface area contributed by atoms with Gasteiger partial charge >= 0.3 is 0 Å². The first-order chi connectivity index (χ1) is 9.70. The summed E-state index contributed by atoms with van der Waals surface area (Å²) < 4.78 is 0. The number of aromatic nitrogens is 1. The van der Waals surface area contributed by atoms with Crippen molar-refractivity contribution in [2.75, 3.05) is 5.73 Å². The van der Waals surface area contributed by atoms with E-state index in [1.165, 1.54) is 28.0 Å². The lowest BCUT2D eigenvalue weighted by Crippen LogP contribution is -1.89. The summed E-state index contributed by atoms with van der Waals surface area (Å²) in [5.74, 6) is 0. The summed E-state index contributed by atoms with van der Waals surface area (Å²) >= 11 is 1.47. The molecule has 3 rings (SSSR count). The fraction of sp³-hybridized carbons (Fsp3) is 0.118. The molecule has 0 saturated heterocycles. The number of hydrogen-bond donors (Lipinski definition) is 1. The molecule has 2 N–H and O–H groups in total. The van der Waals surface area contributed by atoms with E-state index in [2.05, 4.69) is 60.4 Å². The summed E-state index contributed by atoms with van der Waals surface area (Å²) in [6, 6.07) is 17.2. The average Bonchev–Trinajstić information content (AvgIpc) is 2.86. The van der Waals surface area contributed by atoms with Gasteiger partial charge in [0.1, 0.15) is 0 Å². The van der Waals surface area contributed by atoms with Gasteiger partial charge in [-0.3, -0.25) is 0 Å². The van der Waals surface area contributed by atoms with Crippen LogP contribution in [0.4, 0.5) is 5.13 Å². The fourth-order valence-electron chi connectivity index (χ4n) is 2.27. The standard InChI is InChI=1S/C17H16N2S/c1-12-3-2-4-14(9-12)10-13-5-7-15(8-6-13)16-11-20-17(18)19-16/h2-9,11H,10H2,1H3,(H2,18,19). The summed E-state index contributed by atoms with van der Waals surface area (Å²) in [6.07, 6.45) is 0.959. The molecule has 1 aromatic heterocycles. The van der Waals surface area contributed by atoms with Gasteiger partial charge in [-0.25, -0.2) is 4.98 Å². The summed E-state index contributed by atoms with van der Waals surface area (Å²) in [5, 5.41) is 2.61. The van der Waals surface area contributed by atoms with Crippen LogP contribution in [0.2, 0.25) is 0 Å². The van der Waals surface area contributed by atoms with Crippen LogP contribution < -0.4 is 5.73 Å². The SMILES string of the molecule is Cc1cccc(Cc2ccc(-c3csc(N)n3)cc2)c1. The molecule has 2 nitrogen and oxygen atoms in total. The molecule has 0 amide bonds. The highest BCUT2D eigenvalue weighted by Gasteiger charge is 2.03. The van der Waals surface area contributed by atoms with Crippen LogP contribution in [0, 0.1) is 6.92 Å². The van der Waals surface area contributed by atoms with Crippen LogP contribution in [0.1, 0.15) is 16.7 Å². The highest BCUT2D eigenvalue weighted by atomic mass is 32.1. The van der Waals surface area contributed by atoms with Crippen LogP contribution in [0.25, 0.3) is 11.3 Å². The normalized spacial score (nSPS) is 10.7. The molecule has 0 aliphatic heterocycles. The third-order valence-corrected chi connectivity index (χ3v) is 3.94. The molecule has 0 unspecified atom stereocenters. The van der Waals surface area contributed by atoms with E-state index in [4.69, 9.17) is 5.73 Å². The van der Waals surface area contributed by atoms with Crippen molar-refractivity contribution in [3.05, 3.63) is 70.6 Å². The quantitative estimate of drug-likeness (QED) is 0.777. The maximum atomic E-state index is 5.67. The van der Waals surface area contributed by atoms with Gasteiger partial charge in [0, 0.05) is 10.9 Å². The Morgan fingerprint density at radius 1 is 1.05 bits per heavy atom. The van der Waals surface area contributed by atoms with Gasteiger partial charge < -0.3 is 5.73 Å². The van der Waals surface area contributed by atoms with Crippen LogP contribution in [0.15, 0.2) is 53.9 Å². The molecule has 0 atom stereocenters. The fourth-order valence-corrected chi connectivity index (χ4v) is 2.84. The van der Waals surface area contributed by atoms with E-state index < -0.39 is 0 Å². The number of nitrogens with zero attached hydrogens (tertiary/aromatic N) is 1. The van der Waals surface area contributed by atoms with Crippen molar-refractivity contribution in [1.82, 2.24) is 4.98 Å². The molecule has 20 heavy (non-hydrogen) atoms. The Kier molecular flexibility index (Phi) is 3.52. The first-order valence-corrected chi connectivity index (χ1v) is 7.44. The number of benzene rings is 2. The van der Waals surface area contributed by atoms with Gasteiger partial charge in [0.25, 0.3) is 0 Å². The minimum absolute atomic E-state index is 0.615. The zero-order valence-corrected chi connectivity index (χ0v) is 12.2. The van der Waals surface area contributed by atoms with Crippen LogP contribution >= 0.6 is 11.3 Å². The Balaban J connectivity index is 1.79. The number of hydrogen-bond acceptors (Lipinski definition) is 3. The van der Waals surface area contributed by atoms with Crippen molar-refractivity contribution >= 4 is 16.5 Å². The monoisotopic (exact) mass is 280 g/mol. The first-order valence-electron chi connectivity index (χ1n) is 6.56. The van der Waals surface area contributed by atoms with Crippen LogP contribution in [0.5, 0.6) is 0 Å². The lowest BCUT2D eigenvalue weighted by molar-refractivity contribution is 1.18. The third-order valence-electron chi connectivity index (χ3n) is 3.26. The smallest absolute Gasteiger partial charge is 0.180 e. The predicted octanol–water partition coefficient (Wildman–Crippen LogP) is 4.29. The van der Waals surface area contributed by atoms with E-state index in [9.17, 15) is 0 Å². The van der Waals surface area contributed by atoms with Crippen molar-refractivity contribution in [2.24, 2.45) is 0 Å². The van der Waals surface area contributed by atoms with Gasteiger partial charge in [0.15, 0.2) is 5.13 Å². The number of nitrogen functional groups attached to an aromatic ring is 1. The van der Waals surface area contributed by atoms with E-state index >= 15 is 0 Å². The molecular formula is C17H16N2S. The molecule has 1 heterocycles. The van der Waals surface area contributed by atoms with Crippen LogP contribution in [0.3, 0.4) is 0 Å². The highest BCUT2D eigenvalue weighted by molar-refractivity contribution is 7.13. The van der Waals surface area contributed by atoms with Gasteiger partial charge in [-0.1, -0.05) is 54.1 Å². The predicted molar refractivity (Wildman–Crippen MR) is 85.9 cm³/mol. The topological polar surface area (TPSA) is 38.9 Å². The third kappa shape index (κ3) is 2.89. The van der Waals surface area contributed by atoms with E-state index in [0.717, 1.165) is 17.7 Å². The first kappa shape index (κ1) is 12.9. The van der Waals surface area contributed by atoms with E-state index in [-0.39, 0.29) is 0 Å². The maximum Gasteiger partial charge on any atom is 0.180 e. The zero-order chi connectivity index (χ0) is 13.9. The number of rotatable bonds is 3. The molecule has 0 spiro atoms. The molecule has 3 heteroatoms. The number of nitrogens with two attached hydrogens (primary N) is 1. The second-order valence-electron chi connectivity index (χ2n) is 4.93. The minimum atomic E-state index is 0.615. The molecule has 0 aliphatic carbocycles. The number of anilines is 1. The second-order valence-corrected chi connectivity index (χ2v) is 5.82. The average molecular weight is 280 g/mol. The number of thiazole rings is 1. The summed E-state index contributed by atoms with van der Waals surface area (Å²) in [7, 11) is 0. The molecule has 0 saturated carbocycles. The Hall–Kier alpha value is -2.13. The Labute approximate surface area is 122 Å². The Bertz CT molecular complexity index is 714. The molecule has 3 aromatic rings. The molecule has 0 radical (unpaired) electrons. The van der Waals surface area contributed by atoms with Gasteiger partial charge in [-0.2, -0.15) is 0 Å². The number of aryl methyl sites for hydroxylation is 1. The molecule has 100 valence electrons. The lowest BCUT2D eigenvalue weighted by Gasteiger charge is -2.04. The molecule has 2 aromatic carbocycles. The zero-order valence-electron chi connectivity index (χ0n) is 11.3. The van der Waals surface area contributed by atoms with Crippen molar-refractivity contribution in [3.8, 4) is 11.3 Å². The van der Waals surface area contributed by atoms with E-state index in [1.807, 2.05) is 5.38 Å². The minimum Gasteiger partial charge on any atom is -0.375 e. The van der Waals surface area contributed by atoms with Crippen molar-refractivity contribution in [1.29, 1.82) is 0 Å². The Morgan fingerprint density at radius 2 is 1.85 bits per heavy atom. The maximum absolute atomic E-state index is 5.67. The summed E-state index contributed by atoms with van der Waals surface area (Å²) in [4.78, 5) is 4.30. The largest absolute Gasteiger partial charge is 0.375 e. The summed E-state index contributed by atoms with van der Waals surface area (Å²) in [5.41, 5.74) is 11.7. The molecular weight excluding hydrogens is 264 g/mol. The lowest BCUT2D eigenvalue weighted by atomic mass is 10.0. The summed E-state index contributed by atoms with van der Waals surface area (Å²) in [6.45, 7) is 2.12. The van der Waals surface area contributed by atoms with Crippen LogP contribution in [-0.2, 0) is 6.42 Å². The highest BCUT2D eigenvalue weighted by Crippen LogP contribution is 2.23. The van der Waals surface area contributed by atoms with Gasteiger partial charge in [-0.15, -0.1) is 11.3 Å². The van der Waals surface area contributed by atoms with Gasteiger partial charge in [-0.05, 0) is 24.5 Å². The van der Waals surface area contributed by atoms with Gasteiger partial charge in [0.05, 0.1) is 5.69 Å².